The van der Waals surface area contributed by atoms with Crippen LogP contribution in [-0.2, 0) is 14.4 Å². The summed E-state index contributed by atoms with van der Waals surface area (Å²) in [4.78, 5) is 30.7. The summed E-state index contributed by atoms with van der Waals surface area (Å²) < 4.78 is 0. The lowest BCUT2D eigenvalue weighted by atomic mass is 10.1. The molecule has 0 saturated carbocycles. The van der Waals surface area contributed by atoms with E-state index in [2.05, 4.69) is 11.1 Å². The molecule has 3 N–H and O–H groups in total. The molecule has 0 spiro atoms. The zero-order valence-electron chi connectivity index (χ0n) is 11.8. The van der Waals surface area contributed by atoms with E-state index >= 15 is 0 Å². The van der Waals surface area contributed by atoms with Crippen LogP contribution in [-0.4, -0.2) is 37.5 Å². The summed E-state index contributed by atoms with van der Waals surface area (Å²) in [6.07, 6.45) is 1.21. The first kappa shape index (κ1) is 25.7. The van der Waals surface area contributed by atoms with Gasteiger partial charge in [-0.05, 0) is 27.4 Å². The number of hydrogen-bond acceptors (Lipinski definition) is 5. The molecule has 0 aromatic carbocycles. The smallest absolute Gasteiger partial charge is 0.197 e. The Hall–Kier alpha value is -1.07. The molecule has 0 rings (SSSR count). The van der Waals surface area contributed by atoms with Crippen molar-refractivity contribution in [1.82, 2.24) is 5.32 Å². The van der Waals surface area contributed by atoms with Gasteiger partial charge in [0.1, 0.15) is 5.78 Å². The number of rotatable bonds is 5. The average Bonchev–Trinajstić information content (AvgIpc) is 2.32. The summed E-state index contributed by atoms with van der Waals surface area (Å²) in [5.74, 6) is -0.419. The highest BCUT2D eigenvalue weighted by Crippen LogP contribution is 1.88. The van der Waals surface area contributed by atoms with Crippen LogP contribution in [0.1, 0.15) is 48.0 Å². The van der Waals surface area contributed by atoms with Crippen molar-refractivity contribution in [3.05, 3.63) is 0 Å². The third-order valence-electron chi connectivity index (χ3n) is 1.96. The molecule has 0 aromatic rings. The van der Waals surface area contributed by atoms with E-state index in [4.69, 9.17) is 0 Å². The minimum absolute atomic E-state index is 0. The van der Waals surface area contributed by atoms with Crippen molar-refractivity contribution < 1.29 is 14.4 Å². The van der Waals surface area contributed by atoms with Crippen LogP contribution in [0.5, 0.6) is 0 Å². The zero-order valence-corrected chi connectivity index (χ0v) is 11.8. The molecule has 0 aliphatic rings. The highest BCUT2D eigenvalue weighted by Gasteiger charge is 2.05. The van der Waals surface area contributed by atoms with Crippen LogP contribution in [0.15, 0.2) is 0 Å². The maximum atomic E-state index is 10.5. The van der Waals surface area contributed by atoms with Crippen molar-refractivity contribution in [2.45, 2.75) is 54.0 Å². The molecule has 0 bridgehead atoms. The second-order valence-corrected chi connectivity index (χ2v) is 3.19. The lowest BCUT2D eigenvalue weighted by molar-refractivity contribution is -0.135. The molecule has 0 aliphatic heterocycles. The highest BCUT2D eigenvalue weighted by molar-refractivity contribution is 6.36. The maximum absolute atomic E-state index is 10.5. The molecule has 110 valence electrons. The molecule has 5 heteroatoms. The Labute approximate surface area is 112 Å². The minimum Gasteiger partial charge on any atom is -0.333 e. The van der Waals surface area contributed by atoms with Crippen LogP contribution >= 0.6 is 0 Å². The molecule has 0 aliphatic carbocycles. The van der Waals surface area contributed by atoms with E-state index in [0.717, 1.165) is 6.42 Å². The summed E-state index contributed by atoms with van der Waals surface area (Å²) in [5.41, 5.74) is 4.50. The summed E-state index contributed by atoms with van der Waals surface area (Å²) >= 11 is 0. The Morgan fingerprint density at radius 1 is 1.11 bits per heavy atom. The topological polar surface area (TPSA) is 89.3 Å². The van der Waals surface area contributed by atoms with Crippen LogP contribution in [0.2, 0.25) is 0 Å². The highest BCUT2D eigenvalue weighted by atomic mass is 16.2. The van der Waals surface area contributed by atoms with E-state index in [0.29, 0.717) is 6.42 Å². The molecule has 0 aromatic heterocycles. The zero-order chi connectivity index (χ0) is 14.4. The standard InChI is InChI=1S/C6H13NO.C5H8O2.CH5N.CH4/c1-4-6(7-3)5(2)8;1-3-5(7)4(2)6;1-2;/h6-7H,4H2,1-3H3;3H2,1-2H3;2H2,1H3;1H4. The number of likely N-dealkylation sites (N-methyl/N-ethyl adjacent to an activating group) is 1. The van der Waals surface area contributed by atoms with Crippen molar-refractivity contribution in [2.24, 2.45) is 5.73 Å². The van der Waals surface area contributed by atoms with Crippen LogP contribution in [0.25, 0.3) is 0 Å². The summed E-state index contributed by atoms with van der Waals surface area (Å²) in [6, 6.07) is 0.0648. The van der Waals surface area contributed by atoms with Crippen LogP contribution in [0.3, 0.4) is 0 Å². The van der Waals surface area contributed by atoms with E-state index in [1.807, 2.05) is 6.92 Å². The number of carbonyl (C=O) groups excluding carboxylic acids is 3. The molecular weight excluding hydrogens is 232 g/mol. The maximum Gasteiger partial charge on any atom is 0.197 e. The minimum atomic E-state index is -0.345. The molecular formula is C13H30N2O3. The fraction of sp³-hybridized carbons (Fsp3) is 0.769. The Morgan fingerprint density at radius 3 is 1.50 bits per heavy atom. The molecule has 0 amide bonds. The molecule has 0 radical (unpaired) electrons. The number of carbonyl (C=O) groups is 3. The first-order chi connectivity index (χ1) is 7.90. The van der Waals surface area contributed by atoms with Gasteiger partial charge in [-0.3, -0.25) is 14.4 Å². The van der Waals surface area contributed by atoms with Gasteiger partial charge in [0.2, 0.25) is 0 Å². The molecule has 0 saturated heterocycles. The predicted octanol–water partition coefficient (Wildman–Crippen LogP) is 1.34. The van der Waals surface area contributed by atoms with Crippen LogP contribution in [0.4, 0.5) is 0 Å². The third-order valence-corrected chi connectivity index (χ3v) is 1.96. The Balaban J connectivity index is -0.0000000916. The second kappa shape index (κ2) is 18.3. The fourth-order valence-electron chi connectivity index (χ4n) is 0.944. The number of ketones is 3. The van der Waals surface area contributed by atoms with E-state index < -0.39 is 0 Å². The van der Waals surface area contributed by atoms with Gasteiger partial charge >= 0.3 is 0 Å². The van der Waals surface area contributed by atoms with E-state index in [1.165, 1.54) is 14.0 Å². The fourth-order valence-corrected chi connectivity index (χ4v) is 0.944. The lowest BCUT2D eigenvalue weighted by Crippen LogP contribution is -2.31. The summed E-state index contributed by atoms with van der Waals surface area (Å²) in [6.45, 7) is 6.54. The predicted molar refractivity (Wildman–Crippen MR) is 76.6 cm³/mol. The van der Waals surface area contributed by atoms with Crippen molar-refractivity contribution in [3.63, 3.8) is 0 Å². The number of Topliss-reactive ketones (excluding diaryl/α,β-unsaturated/α-hetero) is 3. The van der Waals surface area contributed by atoms with E-state index in [1.54, 1.807) is 20.9 Å². The molecule has 0 fully saturated rings. The van der Waals surface area contributed by atoms with Crippen molar-refractivity contribution in [1.29, 1.82) is 0 Å². The first-order valence-corrected chi connectivity index (χ1v) is 5.69. The van der Waals surface area contributed by atoms with Gasteiger partial charge in [0.25, 0.3) is 0 Å². The normalized spacial score (nSPS) is 9.50. The second-order valence-electron chi connectivity index (χ2n) is 3.19. The molecule has 0 heterocycles. The molecule has 18 heavy (non-hydrogen) atoms. The van der Waals surface area contributed by atoms with Gasteiger partial charge in [0, 0.05) is 13.3 Å². The average molecular weight is 262 g/mol. The van der Waals surface area contributed by atoms with Crippen LogP contribution < -0.4 is 11.1 Å². The van der Waals surface area contributed by atoms with Gasteiger partial charge < -0.3 is 11.1 Å². The first-order valence-electron chi connectivity index (χ1n) is 5.69. The van der Waals surface area contributed by atoms with E-state index in [9.17, 15) is 14.4 Å². The van der Waals surface area contributed by atoms with Crippen molar-refractivity contribution in [3.8, 4) is 0 Å². The van der Waals surface area contributed by atoms with Crippen LogP contribution in [0, 0.1) is 0 Å². The summed E-state index contributed by atoms with van der Waals surface area (Å²) in [7, 11) is 3.30. The van der Waals surface area contributed by atoms with Crippen molar-refractivity contribution >= 4 is 17.3 Å². The van der Waals surface area contributed by atoms with Crippen molar-refractivity contribution in [2.75, 3.05) is 14.1 Å². The number of nitrogens with one attached hydrogen (secondary N) is 1. The Kier molecular flexibility index (Phi) is 26.1. The number of hydrogen-bond donors (Lipinski definition) is 2. The molecule has 1 atom stereocenters. The van der Waals surface area contributed by atoms with Gasteiger partial charge in [-0.25, -0.2) is 0 Å². The third kappa shape index (κ3) is 17.3. The van der Waals surface area contributed by atoms with E-state index in [-0.39, 0.29) is 30.8 Å². The van der Waals surface area contributed by atoms with Gasteiger partial charge in [-0.15, -0.1) is 0 Å². The summed E-state index contributed by atoms with van der Waals surface area (Å²) in [5, 5.41) is 2.90. The Bertz CT molecular complexity index is 224. The SMILES string of the molecule is C.CCC(=O)C(C)=O.CCC(NC)C(C)=O.CN. The van der Waals surface area contributed by atoms with Gasteiger partial charge in [-0.1, -0.05) is 21.3 Å². The monoisotopic (exact) mass is 262 g/mol. The molecule has 1 unspecified atom stereocenters. The number of nitrogens with two attached hydrogens (primary N) is 1. The Morgan fingerprint density at radius 2 is 1.50 bits per heavy atom. The quantitative estimate of drug-likeness (QED) is 0.730. The van der Waals surface area contributed by atoms with Gasteiger partial charge in [0.05, 0.1) is 6.04 Å². The molecule has 5 nitrogen and oxygen atoms in total. The van der Waals surface area contributed by atoms with Gasteiger partial charge in [-0.2, -0.15) is 0 Å². The largest absolute Gasteiger partial charge is 0.333 e. The lowest BCUT2D eigenvalue weighted by Gasteiger charge is -2.07. The van der Waals surface area contributed by atoms with Gasteiger partial charge in [0.15, 0.2) is 11.6 Å².